The van der Waals surface area contributed by atoms with Crippen molar-refractivity contribution in [1.82, 2.24) is 4.90 Å². The lowest BCUT2D eigenvalue weighted by Crippen LogP contribution is -2.31. The van der Waals surface area contributed by atoms with Gasteiger partial charge in [-0.3, -0.25) is 9.69 Å². The number of carbonyl (C=O) groups is 1. The smallest absolute Gasteiger partial charge is 0.417 e. The van der Waals surface area contributed by atoms with Crippen LogP contribution in [0.5, 0.6) is 5.75 Å². The number of alkyl halides is 3. The van der Waals surface area contributed by atoms with Crippen molar-refractivity contribution < 1.29 is 27.4 Å². The maximum absolute atomic E-state index is 13.6. The van der Waals surface area contributed by atoms with Crippen molar-refractivity contribution in [3.8, 4) is 5.75 Å². The van der Waals surface area contributed by atoms with E-state index < -0.39 is 11.7 Å². The molecule has 4 aromatic carbocycles. The quantitative estimate of drug-likeness (QED) is 0.130. The second-order valence-corrected chi connectivity index (χ2v) is 10.7. The first-order valence-corrected chi connectivity index (χ1v) is 14.2. The number of hydrogen-bond donors (Lipinski definition) is 0. The first-order chi connectivity index (χ1) is 20.3. The number of fused-ring (bicyclic) bond motifs is 1. The first-order valence-electron chi connectivity index (χ1n) is 13.8. The van der Waals surface area contributed by atoms with Crippen molar-refractivity contribution in [3.63, 3.8) is 0 Å². The van der Waals surface area contributed by atoms with Gasteiger partial charge in [0.05, 0.1) is 23.6 Å². The summed E-state index contributed by atoms with van der Waals surface area (Å²) in [6.07, 6.45) is -3.68. The molecule has 4 nitrogen and oxygen atoms in total. The molecule has 218 valence electrons. The van der Waals surface area contributed by atoms with Gasteiger partial charge in [-0.15, -0.1) is 0 Å². The second-order valence-electron chi connectivity index (χ2n) is 10.4. The summed E-state index contributed by atoms with van der Waals surface area (Å²) in [6, 6.07) is 29.9. The highest BCUT2D eigenvalue weighted by atomic mass is 35.5. The molecule has 0 aliphatic carbocycles. The molecule has 1 heterocycles. The molecular weight excluding hydrogens is 563 g/mol. The SMILES string of the molecule is O=C1Cc2cc(OCCCN(Cc3cccc(C(F)(F)F)c3Cl)CC(c3ccccc3)c3ccccc3)ccc2CO1. The number of cyclic esters (lactones) is 1. The standard InChI is InChI=1S/C34H31ClF3NO3/c35-33-26(13-7-14-31(33)34(36,37)38)21-39(22-30(24-9-3-1-4-10-24)25-11-5-2-6-12-25)17-8-18-41-29-16-15-27-23-42-32(40)20-28(27)19-29/h1-7,9-16,19,30H,8,17-18,20-23H2. The summed E-state index contributed by atoms with van der Waals surface area (Å²) in [5.74, 6) is 0.413. The van der Waals surface area contributed by atoms with Gasteiger partial charge in [0.15, 0.2) is 0 Å². The predicted octanol–water partition coefficient (Wildman–Crippen LogP) is 8.06. The monoisotopic (exact) mass is 593 g/mol. The van der Waals surface area contributed by atoms with E-state index in [2.05, 4.69) is 29.2 Å². The second kappa shape index (κ2) is 13.4. The van der Waals surface area contributed by atoms with Crippen molar-refractivity contribution >= 4 is 17.6 Å². The minimum atomic E-state index is -4.53. The molecule has 0 spiro atoms. The number of ether oxygens (including phenoxy) is 2. The van der Waals surface area contributed by atoms with E-state index in [1.165, 1.54) is 6.07 Å². The Balaban J connectivity index is 1.34. The van der Waals surface area contributed by atoms with E-state index in [-0.39, 0.29) is 36.5 Å². The molecule has 42 heavy (non-hydrogen) atoms. The zero-order valence-corrected chi connectivity index (χ0v) is 23.7. The molecule has 0 unspecified atom stereocenters. The summed E-state index contributed by atoms with van der Waals surface area (Å²) < 4.78 is 52.0. The van der Waals surface area contributed by atoms with Crippen molar-refractivity contribution in [2.45, 2.75) is 38.1 Å². The topological polar surface area (TPSA) is 38.8 Å². The van der Waals surface area contributed by atoms with Gasteiger partial charge in [-0.1, -0.05) is 90.5 Å². The van der Waals surface area contributed by atoms with E-state index in [9.17, 15) is 18.0 Å². The molecule has 1 aliphatic rings. The van der Waals surface area contributed by atoms with E-state index in [0.29, 0.717) is 37.4 Å². The van der Waals surface area contributed by atoms with E-state index in [4.69, 9.17) is 21.1 Å². The molecule has 4 aromatic rings. The Labute approximate surface area is 248 Å². The maximum atomic E-state index is 13.6. The summed E-state index contributed by atoms with van der Waals surface area (Å²) in [5.41, 5.74) is 3.70. The van der Waals surface area contributed by atoms with Gasteiger partial charge in [-0.2, -0.15) is 13.2 Å². The van der Waals surface area contributed by atoms with Crippen LogP contribution in [-0.2, 0) is 35.3 Å². The van der Waals surface area contributed by atoms with E-state index >= 15 is 0 Å². The van der Waals surface area contributed by atoms with Gasteiger partial charge in [0.1, 0.15) is 12.4 Å². The van der Waals surface area contributed by atoms with E-state index in [0.717, 1.165) is 28.3 Å². The lowest BCUT2D eigenvalue weighted by atomic mass is 9.90. The number of rotatable bonds is 11. The summed E-state index contributed by atoms with van der Waals surface area (Å²) in [7, 11) is 0. The van der Waals surface area contributed by atoms with Gasteiger partial charge in [0.25, 0.3) is 0 Å². The van der Waals surface area contributed by atoms with Crippen LogP contribution >= 0.6 is 11.6 Å². The van der Waals surface area contributed by atoms with Crippen molar-refractivity contribution in [2.75, 3.05) is 19.7 Å². The maximum Gasteiger partial charge on any atom is 0.417 e. The fraction of sp³-hybridized carbons (Fsp3) is 0.265. The molecule has 0 N–H and O–H groups in total. The summed E-state index contributed by atoms with van der Waals surface area (Å²) in [6.45, 7) is 2.06. The van der Waals surface area contributed by atoms with Crippen LogP contribution in [0.1, 0.15) is 45.7 Å². The largest absolute Gasteiger partial charge is 0.494 e. The fourth-order valence-electron chi connectivity index (χ4n) is 5.27. The van der Waals surface area contributed by atoms with Gasteiger partial charge in [0.2, 0.25) is 0 Å². The third kappa shape index (κ3) is 7.52. The molecule has 0 aromatic heterocycles. The molecule has 1 aliphatic heterocycles. The molecule has 0 radical (unpaired) electrons. The molecule has 5 rings (SSSR count). The van der Waals surface area contributed by atoms with Gasteiger partial charge in [-0.05, 0) is 52.4 Å². The Morgan fingerprint density at radius 1 is 0.881 bits per heavy atom. The van der Waals surface area contributed by atoms with Crippen LogP contribution in [0.25, 0.3) is 0 Å². The number of nitrogens with zero attached hydrogens (tertiary/aromatic N) is 1. The third-order valence-electron chi connectivity index (χ3n) is 7.41. The lowest BCUT2D eigenvalue weighted by molar-refractivity contribution is -0.145. The fourth-order valence-corrected chi connectivity index (χ4v) is 5.56. The van der Waals surface area contributed by atoms with Gasteiger partial charge in [-0.25, -0.2) is 0 Å². The zero-order valence-electron chi connectivity index (χ0n) is 22.9. The average molecular weight is 594 g/mol. The summed E-state index contributed by atoms with van der Waals surface area (Å²) >= 11 is 6.31. The number of benzene rings is 4. The normalized spacial score (nSPS) is 13.2. The van der Waals surface area contributed by atoms with Crippen molar-refractivity contribution in [2.24, 2.45) is 0 Å². The van der Waals surface area contributed by atoms with Gasteiger partial charge >= 0.3 is 12.1 Å². The number of hydrogen-bond acceptors (Lipinski definition) is 4. The molecule has 0 saturated heterocycles. The number of carbonyl (C=O) groups excluding carboxylic acids is 1. The van der Waals surface area contributed by atoms with Crippen LogP contribution in [0.3, 0.4) is 0 Å². The van der Waals surface area contributed by atoms with Crippen LogP contribution in [0.15, 0.2) is 97.1 Å². The highest BCUT2D eigenvalue weighted by Gasteiger charge is 2.34. The Morgan fingerprint density at radius 3 is 2.24 bits per heavy atom. The minimum Gasteiger partial charge on any atom is -0.494 e. The highest BCUT2D eigenvalue weighted by molar-refractivity contribution is 6.32. The van der Waals surface area contributed by atoms with Gasteiger partial charge < -0.3 is 9.47 Å². The highest BCUT2D eigenvalue weighted by Crippen LogP contribution is 2.37. The zero-order chi connectivity index (χ0) is 29.5. The van der Waals surface area contributed by atoms with Crippen LogP contribution in [0, 0.1) is 0 Å². The Kier molecular flexibility index (Phi) is 9.50. The first kappa shape index (κ1) is 29.7. The Bertz CT molecular complexity index is 1460. The Hall–Kier alpha value is -3.81. The predicted molar refractivity (Wildman–Crippen MR) is 157 cm³/mol. The molecule has 8 heteroatoms. The molecule has 0 amide bonds. The molecule has 0 saturated carbocycles. The van der Waals surface area contributed by atoms with Crippen LogP contribution in [0.4, 0.5) is 13.2 Å². The van der Waals surface area contributed by atoms with Crippen molar-refractivity contribution in [1.29, 1.82) is 0 Å². The summed E-state index contributed by atoms with van der Waals surface area (Å²) in [4.78, 5) is 13.8. The van der Waals surface area contributed by atoms with E-state index in [1.54, 1.807) is 6.07 Å². The average Bonchev–Trinajstić information content (AvgIpc) is 2.99. The minimum absolute atomic E-state index is 0.00158. The molecule has 0 atom stereocenters. The molecule has 0 fully saturated rings. The van der Waals surface area contributed by atoms with Crippen molar-refractivity contribution in [3.05, 3.63) is 135 Å². The van der Waals surface area contributed by atoms with Crippen LogP contribution in [-0.4, -0.2) is 30.6 Å². The third-order valence-corrected chi connectivity index (χ3v) is 7.86. The van der Waals surface area contributed by atoms with Crippen LogP contribution < -0.4 is 4.74 Å². The molecular formula is C34H31ClF3NO3. The summed E-state index contributed by atoms with van der Waals surface area (Å²) in [5, 5.41) is -0.269. The van der Waals surface area contributed by atoms with Gasteiger partial charge in [0, 0.05) is 25.6 Å². The molecule has 0 bridgehead atoms. The van der Waals surface area contributed by atoms with E-state index in [1.807, 2.05) is 54.6 Å². The number of halogens is 4. The van der Waals surface area contributed by atoms with Crippen LogP contribution in [0.2, 0.25) is 5.02 Å². The number of esters is 1. The Morgan fingerprint density at radius 2 is 1.57 bits per heavy atom. The lowest BCUT2D eigenvalue weighted by Gasteiger charge is -2.29.